The van der Waals surface area contributed by atoms with Crippen molar-refractivity contribution in [2.75, 3.05) is 11.9 Å². The van der Waals surface area contributed by atoms with Crippen molar-refractivity contribution in [3.8, 4) is 17.1 Å². The number of unbranched alkanes of at least 4 members (excludes halogenated alkanes) is 3. The Hall–Kier alpha value is -4.26. The highest BCUT2D eigenvalue weighted by atomic mass is 32.2. The van der Waals surface area contributed by atoms with Gasteiger partial charge >= 0.3 is 6.03 Å². The third-order valence-corrected chi connectivity index (χ3v) is 8.46. The summed E-state index contributed by atoms with van der Waals surface area (Å²) in [5, 5.41) is 7.26. The molecular weight excluding hydrogens is 575 g/mol. The number of nitrogens with zero attached hydrogens (tertiary/aromatic N) is 3. The molecule has 230 valence electrons. The van der Waals surface area contributed by atoms with Crippen LogP contribution in [0.2, 0.25) is 0 Å². The van der Waals surface area contributed by atoms with Crippen LogP contribution in [0.3, 0.4) is 0 Å². The lowest BCUT2D eigenvalue weighted by Crippen LogP contribution is -2.34. The molecule has 2 heterocycles. The minimum Gasteiger partial charge on any atom is -0.493 e. The SMILES string of the molecule is CCCCCCC(CC)c1nc(C)c2c(=O)[nH]c(-c3cc(NC(=O)NS(=O)(=O)c4ccc(F)cc4)ccc3OCC)nn12. The lowest BCUT2D eigenvalue weighted by Gasteiger charge is -2.15. The molecule has 0 spiro atoms. The van der Waals surface area contributed by atoms with Gasteiger partial charge in [0.15, 0.2) is 11.3 Å². The summed E-state index contributed by atoms with van der Waals surface area (Å²) in [6.45, 7) is 8.19. The van der Waals surface area contributed by atoms with Gasteiger partial charge in [-0.2, -0.15) is 0 Å². The maximum absolute atomic E-state index is 13.3. The van der Waals surface area contributed by atoms with E-state index in [1.165, 1.54) is 18.6 Å². The molecule has 0 radical (unpaired) electrons. The number of aromatic amines is 1. The van der Waals surface area contributed by atoms with Gasteiger partial charge in [0.25, 0.3) is 15.6 Å². The van der Waals surface area contributed by atoms with Gasteiger partial charge < -0.3 is 15.0 Å². The molecule has 3 N–H and O–H groups in total. The molecule has 2 aromatic carbocycles. The summed E-state index contributed by atoms with van der Waals surface area (Å²) < 4.78 is 47.7. The summed E-state index contributed by atoms with van der Waals surface area (Å²) >= 11 is 0. The van der Waals surface area contributed by atoms with Crippen molar-refractivity contribution < 1.29 is 22.3 Å². The molecule has 0 bridgehead atoms. The average molecular weight is 613 g/mol. The van der Waals surface area contributed by atoms with Crippen LogP contribution in [-0.2, 0) is 10.0 Å². The van der Waals surface area contributed by atoms with Crippen molar-refractivity contribution in [1.29, 1.82) is 0 Å². The molecule has 2 amide bonds. The topological polar surface area (TPSA) is 148 Å². The zero-order valence-corrected chi connectivity index (χ0v) is 25.6. The number of imidazole rings is 1. The Balaban J connectivity index is 1.68. The number of benzene rings is 2. The summed E-state index contributed by atoms with van der Waals surface area (Å²) in [5.41, 5.74) is 1.18. The number of anilines is 1. The minimum absolute atomic E-state index is 0.117. The van der Waals surface area contributed by atoms with E-state index >= 15 is 0 Å². The fraction of sp³-hybridized carbons (Fsp3) is 0.400. The summed E-state index contributed by atoms with van der Waals surface area (Å²) in [4.78, 5) is 33.2. The van der Waals surface area contributed by atoms with Gasteiger partial charge in [0.1, 0.15) is 17.4 Å². The van der Waals surface area contributed by atoms with Crippen molar-refractivity contribution in [2.45, 2.75) is 77.0 Å². The zero-order chi connectivity index (χ0) is 31.1. The number of hydrogen-bond donors (Lipinski definition) is 3. The number of carbonyl (C=O) groups excluding carboxylic acids is 1. The third kappa shape index (κ3) is 7.39. The molecule has 0 saturated carbocycles. The van der Waals surface area contributed by atoms with E-state index in [4.69, 9.17) is 14.8 Å². The normalized spacial score (nSPS) is 12.3. The van der Waals surface area contributed by atoms with E-state index in [0.29, 0.717) is 29.1 Å². The first-order valence-electron chi connectivity index (χ1n) is 14.4. The molecular formula is C30H37FN6O5S. The highest BCUT2D eigenvalue weighted by molar-refractivity contribution is 7.90. The fourth-order valence-corrected chi connectivity index (χ4v) is 5.84. The first kappa shape index (κ1) is 31.7. The molecule has 4 rings (SSSR count). The third-order valence-electron chi connectivity index (χ3n) is 7.11. The second-order valence-electron chi connectivity index (χ2n) is 10.2. The number of aromatic nitrogens is 4. The van der Waals surface area contributed by atoms with E-state index in [-0.39, 0.29) is 27.9 Å². The van der Waals surface area contributed by atoms with E-state index in [9.17, 15) is 22.4 Å². The summed E-state index contributed by atoms with van der Waals surface area (Å²) in [7, 11) is -4.25. The van der Waals surface area contributed by atoms with Crippen LogP contribution in [0, 0.1) is 12.7 Å². The molecule has 1 atom stereocenters. The van der Waals surface area contributed by atoms with Gasteiger partial charge in [-0.25, -0.2) is 31.8 Å². The number of urea groups is 1. The zero-order valence-electron chi connectivity index (χ0n) is 24.7. The molecule has 0 aliphatic heterocycles. The van der Waals surface area contributed by atoms with Crippen LogP contribution >= 0.6 is 0 Å². The molecule has 0 aliphatic rings. The molecule has 4 aromatic rings. The van der Waals surface area contributed by atoms with Crippen LogP contribution in [0.25, 0.3) is 16.9 Å². The Kier molecular flexibility index (Phi) is 10.2. The van der Waals surface area contributed by atoms with Crippen LogP contribution in [0.4, 0.5) is 14.9 Å². The van der Waals surface area contributed by atoms with Crippen molar-refractivity contribution in [3.63, 3.8) is 0 Å². The van der Waals surface area contributed by atoms with E-state index in [1.54, 1.807) is 17.5 Å². The van der Waals surface area contributed by atoms with Gasteiger partial charge in [0, 0.05) is 11.6 Å². The summed E-state index contributed by atoms with van der Waals surface area (Å²) in [6, 6.07) is 7.71. The fourth-order valence-electron chi connectivity index (χ4n) is 4.94. The van der Waals surface area contributed by atoms with Crippen LogP contribution < -0.4 is 20.3 Å². The largest absolute Gasteiger partial charge is 0.493 e. The number of aryl methyl sites for hydroxylation is 1. The second-order valence-corrected chi connectivity index (χ2v) is 11.9. The number of halogens is 1. The Morgan fingerprint density at radius 3 is 2.51 bits per heavy atom. The second kappa shape index (κ2) is 13.8. The van der Waals surface area contributed by atoms with Crippen LogP contribution in [0.1, 0.15) is 76.7 Å². The molecule has 0 fully saturated rings. The van der Waals surface area contributed by atoms with Crippen LogP contribution in [-0.4, -0.2) is 40.6 Å². The molecule has 43 heavy (non-hydrogen) atoms. The quantitative estimate of drug-likeness (QED) is 0.159. The number of nitrogens with one attached hydrogen (secondary N) is 3. The van der Waals surface area contributed by atoms with Gasteiger partial charge in [-0.15, -0.1) is 5.10 Å². The van der Waals surface area contributed by atoms with Crippen molar-refractivity contribution in [3.05, 3.63) is 70.2 Å². The number of sulfonamides is 1. The number of ether oxygens (including phenoxy) is 1. The Morgan fingerprint density at radius 1 is 1.09 bits per heavy atom. The van der Waals surface area contributed by atoms with Crippen LogP contribution in [0.5, 0.6) is 5.75 Å². The molecule has 11 nitrogen and oxygen atoms in total. The van der Waals surface area contributed by atoms with Gasteiger partial charge in [-0.1, -0.05) is 39.5 Å². The predicted octanol–water partition coefficient (Wildman–Crippen LogP) is 5.91. The number of H-pyrrole nitrogens is 1. The summed E-state index contributed by atoms with van der Waals surface area (Å²) in [6.07, 6.45) is 6.26. The van der Waals surface area contributed by atoms with Gasteiger partial charge in [0.2, 0.25) is 0 Å². The average Bonchev–Trinajstić information content (AvgIpc) is 3.30. The maximum Gasteiger partial charge on any atom is 0.333 e. The van der Waals surface area contributed by atoms with E-state index in [0.717, 1.165) is 62.2 Å². The Morgan fingerprint density at radius 2 is 1.84 bits per heavy atom. The van der Waals surface area contributed by atoms with E-state index in [2.05, 4.69) is 24.1 Å². The monoisotopic (exact) mass is 612 g/mol. The van der Waals surface area contributed by atoms with Crippen molar-refractivity contribution >= 4 is 27.3 Å². The molecule has 0 saturated heterocycles. The first-order chi connectivity index (χ1) is 20.6. The smallest absolute Gasteiger partial charge is 0.333 e. The summed E-state index contributed by atoms with van der Waals surface area (Å²) in [5.74, 6) is 0.830. The van der Waals surface area contributed by atoms with Gasteiger partial charge in [-0.05, 0) is 69.2 Å². The lowest BCUT2D eigenvalue weighted by atomic mass is 9.97. The maximum atomic E-state index is 13.3. The number of amides is 2. The Bertz CT molecular complexity index is 1750. The Labute approximate surface area is 249 Å². The lowest BCUT2D eigenvalue weighted by molar-refractivity contribution is 0.256. The van der Waals surface area contributed by atoms with E-state index in [1.807, 2.05) is 11.6 Å². The van der Waals surface area contributed by atoms with Crippen molar-refractivity contribution in [1.82, 2.24) is 24.3 Å². The molecule has 0 aliphatic carbocycles. The number of hydrogen-bond acceptors (Lipinski definition) is 7. The van der Waals surface area contributed by atoms with Crippen molar-refractivity contribution in [2.24, 2.45) is 0 Å². The van der Waals surface area contributed by atoms with E-state index < -0.39 is 21.9 Å². The van der Waals surface area contributed by atoms with Gasteiger partial charge in [0.05, 0.1) is 22.8 Å². The number of rotatable bonds is 13. The number of fused-ring (bicyclic) bond motifs is 1. The van der Waals surface area contributed by atoms with Gasteiger partial charge in [-0.3, -0.25) is 4.79 Å². The predicted molar refractivity (Wildman–Crippen MR) is 162 cm³/mol. The number of carbonyl (C=O) groups is 1. The standard InChI is InChI=1S/C30H37FN6O5S/c1-5-8-9-10-11-20(6-2)28-32-19(4)26-29(38)34-27(35-37(26)28)24-18-22(14-17-25(24)42-7-3)33-30(39)36-43(40,41)23-15-12-21(31)13-16-23/h12-18,20H,5-11H2,1-4H3,(H2,33,36,39)(H,34,35,38). The first-order valence-corrected chi connectivity index (χ1v) is 15.9. The molecule has 13 heteroatoms. The van der Waals surface area contributed by atoms with Crippen LogP contribution in [0.15, 0.2) is 52.2 Å². The highest BCUT2D eigenvalue weighted by Crippen LogP contribution is 2.32. The minimum atomic E-state index is -4.25. The molecule has 2 aromatic heterocycles. The highest BCUT2D eigenvalue weighted by Gasteiger charge is 2.23. The molecule has 1 unspecified atom stereocenters.